The van der Waals surface area contributed by atoms with Crippen LogP contribution in [-0.2, 0) is 6.42 Å². The number of hydrogen-bond acceptors (Lipinski definition) is 2. The van der Waals surface area contributed by atoms with Crippen molar-refractivity contribution in [3.63, 3.8) is 0 Å². The van der Waals surface area contributed by atoms with Crippen molar-refractivity contribution in [2.24, 2.45) is 0 Å². The summed E-state index contributed by atoms with van der Waals surface area (Å²) in [4.78, 5) is 0. The molecule has 0 aliphatic heterocycles. The molecule has 1 aromatic heterocycles. The third kappa shape index (κ3) is 4.75. The molecule has 3 heteroatoms. The Labute approximate surface area is 128 Å². The molecular weight excluding hydrogens is 318 g/mol. The van der Waals surface area contributed by atoms with Crippen LogP contribution in [0, 0.1) is 0 Å². The first-order chi connectivity index (χ1) is 9.15. The average Bonchev–Trinajstić information content (AvgIpc) is 2.88. The number of halogens is 1. The molecule has 0 saturated heterocycles. The van der Waals surface area contributed by atoms with Gasteiger partial charge in [0.15, 0.2) is 0 Å². The van der Waals surface area contributed by atoms with Crippen LogP contribution in [0.15, 0.2) is 45.6 Å². The van der Waals surface area contributed by atoms with E-state index >= 15 is 0 Å². The molecule has 0 fully saturated rings. The van der Waals surface area contributed by atoms with Crippen LogP contribution in [-0.4, -0.2) is 12.6 Å². The Kier molecular flexibility index (Phi) is 5.61. The van der Waals surface area contributed by atoms with E-state index in [-0.39, 0.29) is 0 Å². The van der Waals surface area contributed by atoms with Gasteiger partial charge in [-0.3, -0.25) is 0 Å². The monoisotopic (exact) mass is 337 g/mol. The highest BCUT2D eigenvalue weighted by Gasteiger charge is 2.13. The van der Waals surface area contributed by atoms with Crippen molar-refractivity contribution in [2.75, 3.05) is 6.54 Å². The molecule has 0 aliphatic carbocycles. The van der Waals surface area contributed by atoms with E-state index in [2.05, 4.69) is 76.2 Å². The number of thiophene rings is 1. The summed E-state index contributed by atoms with van der Waals surface area (Å²) in [6.45, 7) is 5.42. The lowest BCUT2D eigenvalue weighted by atomic mass is 9.93. The van der Waals surface area contributed by atoms with Crippen LogP contribution in [0.5, 0.6) is 0 Å². The van der Waals surface area contributed by atoms with Crippen LogP contribution in [0.4, 0.5) is 0 Å². The quantitative estimate of drug-likeness (QED) is 0.795. The van der Waals surface area contributed by atoms with Crippen molar-refractivity contribution in [2.45, 2.75) is 32.2 Å². The summed E-state index contributed by atoms with van der Waals surface area (Å²) < 4.78 is 1.14. The lowest BCUT2D eigenvalue weighted by Gasteiger charge is -2.19. The van der Waals surface area contributed by atoms with Gasteiger partial charge in [-0.05, 0) is 46.5 Å². The molecule has 0 aliphatic rings. The molecule has 0 amide bonds. The van der Waals surface area contributed by atoms with Crippen molar-refractivity contribution >= 4 is 27.3 Å². The van der Waals surface area contributed by atoms with Gasteiger partial charge in [-0.25, -0.2) is 0 Å². The zero-order valence-electron chi connectivity index (χ0n) is 11.4. The molecule has 0 radical (unpaired) electrons. The Morgan fingerprint density at radius 1 is 1.16 bits per heavy atom. The molecule has 0 saturated carbocycles. The summed E-state index contributed by atoms with van der Waals surface area (Å²) >= 11 is 5.28. The predicted molar refractivity (Wildman–Crippen MR) is 88.0 cm³/mol. The number of benzene rings is 1. The molecule has 1 N–H and O–H groups in total. The number of hydrogen-bond donors (Lipinski definition) is 1. The molecule has 1 unspecified atom stereocenters. The summed E-state index contributed by atoms with van der Waals surface area (Å²) in [6.07, 6.45) is 1.10. The van der Waals surface area contributed by atoms with Crippen LogP contribution in [0.3, 0.4) is 0 Å². The molecule has 0 bridgehead atoms. The van der Waals surface area contributed by atoms with Gasteiger partial charge in [0.25, 0.3) is 0 Å². The van der Waals surface area contributed by atoms with Crippen LogP contribution < -0.4 is 5.32 Å². The highest BCUT2D eigenvalue weighted by Crippen LogP contribution is 2.23. The molecule has 1 heterocycles. The second-order valence-electron chi connectivity index (χ2n) is 5.15. The number of nitrogens with one attached hydrogen (secondary N) is 1. The Balaban J connectivity index is 2.11. The largest absolute Gasteiger partial charge is 0.314 e. The van der Waals surface area contributed by atoms with Gasteiger partial charge in [0.1, 0.15) is 0 Å². The van der Waals surface area contributed by atoms with Crippen molar-refractivity contribution in [1.82, 2.24) is 5.32 Å². The summed E-state index contributed by atoms with van der Waals surface area (Å²) in [5.41, 5.74) is 2.84. The summed E-state index contributed by atoms with van der Waals surface area (Å²) in [7, 11) is 0. The predicted octanol–water partition coefficient (Wildman–Crippen LogP) is 4.83. The van der Waals surface area contributed by atoms with E-state index in [9.17, 15) is 0 Å². The van der Waals surface area contributed by atoms with Gasteiger partial charge in [-0.1, -0.05) is 41.9 Å². The highest BCUT2D eigenvalue weighted by molar-refractivity contribution is 9.10. The highest BCUT2D eigenvalue weighted by atomic mass is 79.9. The fourth-order valence-corrected chi connectivity index (χ4v) is 3.06. The Bertz CT molecular complexity index is 476. The standard InChI is InChI=1S/C16H20BrNS/c1-12(2)18-10-15(9-13-7-8-19-11-13)14-3-5-16(17)6-4-14/h3-8,11-12,15,18H,9-10H2,1-2H3. The van der Waals surface area contributed by atoms with Crippen molar-refractivity contribution in [1.29, 1.82) is 0 Å². The van der Waals surface area contributed by atoms with E-state index < -0.39 is 0 Å². The van der Waals surface area contributed by atoms with Crippen LogP contribution in [0.25, 0.3) is 0 Å². The molecule has 1 aromatic carbocycles. The SMILES string of the molecule is CC(C)NCC(Cc1ccsc1)c1ccc(Br)cc1. The summed E-state index contributed by atoms with van der Waals surface area (Å²) in [5, 5.41) is 7.97. The zero-order valence-corrected chi connectivity index (χ0v) is 13.8. The zero-order chi connectivity index (χ0) is 13.7. The van der Waals surface area contributed by atoms with Gasteiger partial charge < -0.3 is 5.32 Å². The molecule has 1 nitrogen and oxygen atoms in total. The third-order valence-corrected chi connectivity index (χ3v) is 4.44. The first-order valence-electron chi connectivity index (χ1n) is 6.65. The minimum Gasteiger partial charge on any atom is -0.314 e. The first-order valence-corrected chi connectivity index (χ1v) is 8.38. The van der Waals surface area contributed by atoms with E-state index in [1.807, 2.05) is 0 Å². The van der Waals surface area contributed by atoms with Gasteiger partial charge in [-0.15, -0.1) is 0 Å². The van der Waals surface area contributed by atoms with Crippen molar-refractivity contribution < 1.29 is 0 Å². The molecular formula is C16H20BrNS. The van der Waals surface area contributed by atoms with Gasteiger partial charge in [-0.2, -0.15) is 11.3 Å². The van der Waals surface area contributed by atoms with Gasteiger partial charge in [0.2, 0.25) is 0 Å². The van der Waals surface area contributed by atoms with Crippen LogP contribution in [0.2, 0.25) is 0 Å². The maximum absolute atomic E-state index is 3.56. The number of rotatable bonds is 6. The fraction of sp³-hybridized carbons (Fsp3) is 0.375. The smallest absolute Gasteiger partial charge is 0.0175 e. The Morgan fingerprint density at radius 3 is 2.47 bits per heavy atom. The molecule has 1 atom stereocenters. The van der Waals surface area contributed by atoms with E-state index in [0.717, 1.165) is 17.4 Å². The normalized spacial score (nSPS) is 12.8. The maximum atomic E-state index is 3.56. The first kappa shape index (κ1) is 14.8. The van der Waals surface area contributed by atoms with Crippen LogP contribution >= 0.6 is 27.3 Å². The average molecular weight is 338 g/mol. The van der Waals surface area contributed by atoms with E-state index in [1.165, 1.54) is 11.1 Å². The Morgan fingerprint density at radius 2 is 1.89 bits per heavy atom. The minimum atomic E-state index is 0.528. The summed E-state index contributed by atoms with van der Waals surface area (Å²) in [6, 6.07) is 11.5. The summed E-state index contributed by atoms with van der Waals surface area (Å²) in [5.74, 6) is 0.532. The molecule has 0 spiro atoms. The lowest BCUT2D eigenvalue weighted by molar-refractivity contribution is 0.527. The van der Waals surface area contributed by atoms with Gasteiger partial charge in [0.05, 0.1) is 0 Å². The van der Waals surface area contributed by atoms with Crippen molar-refractivity contribution in [3.8, 4) is 0 Å². The minimum absolute atomic E-state index is 0.528. The second kappa shape index (κ2) is 7.22. The second-order valence-corrected chi connectivity index (χ2v) is 6.84. The molecule has 102 valence electrons. The third-order valence-electron chi connectivity index (χ3n) is 3.18. The van der Waals surface area contributed by atoms with E-state index in [0.29, 0.717) is 12.0 Å². The molecule has 2 rings (SSSR count). The van der Waals surface area contributed by atoms with E-state index in [4.69, 9.17) is 0 Å². The topological polar surface area (TPSA) is 12.0 Å². The maximum Gasteiger partial charge on any atom is 0.0175 e. The fourth-order valence-electron chi connectivity index (χ4n) is 2.11. The molecule has 19 heavy (non-hydrogen) atoms. The molecule has 2 aromatic rings. The lowest BCUT2D eigenvalue weighted by Crippen LogP contribution is -2.28. The van der Waals surface area contributed by atoms with E-state index in [1.54, 1.807) is 11.3 Å². The van der Waals surface area contributed by atoms with Gasteiger partial charge >= 0.3 is 0 Å². The van der Waals surface area contributed by atoms with Crippen molar-refractivity contribution in [3.05, 3.63) is 56.7 Å². The van der Waals surface area contributed by atoms with Crippen LogP contribution in [0.1, 0.15) is 30.9 Å². The Hall–Kier alpha value is -0.640. The van der Waals surface area contributed by atoms with Gasteiger partial charge in [0, 0.05) is 23.0 Å².